The molecule has 1 aromatic heterocycles. The van der Waals surface area contributed by atoms with Gasteiger partial charge in [-0.15, -0.1) is 0 Å². The highest BCUT2D eigenvalue weighted by atomic mass is 16.3. The van der Waals surface area contributed by atoms with Gasteiger partial charge in [-0.2, -0.15) is 5.10 Å². The van der Waals surface area contributed by atoms with Crippen LogP contribution in [0.4, 0.5) is 0 Å². The Kier molecular flexibility index (Phi) is 3.28. The normalized spacial score (nSPS) is 18.5. The second kappa shape index (κ2) is 5.09. The fraction of sp³-hybridized carbons (Fsp3) is 0.333. The van der Waals surface area contributed by atoms with Gasteiger partial charge in [-0.25, -0.2) is 0 Å². The summed E-state index contributed by atoms with van der Waals surface area (Å²) in [4.78, 5) is 14.3. The minimum Gasteiger partial charge on any atom is -0.391 e. The van der Waals surface area contributed by atoms with E-state index in [1.807, 2.05) is 37.4 Å². The molecule has 3 rings (SSSR count). The zero-order valence-electron chi connectivity index (χ0n) is 11.4. The third-order valence-electron chi connectivity index (χ3n) is 3.56. The molecule has 1 amide bonds. The van der Waals surface area contributed by atoms with Gasteiger partial charge >= 0.3 is 0 Å². The van der Waals surface area contributed by atoms with E-state index >= 15 is 0 Å². The van der Waals surface area contributed by atoms with Crippen molar-refractivity contribution < 1.29 is 9.90 Å². The Labute approximate surface area is 117 Å². The van der Waals surface area contributed by atoms with Crippen LogP contribution in [0.15, 0.2) is 36.5 Å². The fourth-order valence-corrected chi connectivity index (χ4v) is 2.55. The third-order valence-corrected chi connectivity index (χ3v) is 3.56. The molecule has 0 aliphatic carbocycles. The zero-order valence-corrected chi connectivity index (χ0v) is 11.4. The van der Waals surface area contributed by atoms with Crippen LogP contribution >= 0.6 is 0 Å². The van der Waals surface area contributed by atoms with Crippen molar-refractivity contribution in [2.45, 2.75) is 12.5 Å². The molecular weight excluding hydrogens is 254 g/mol. The van der Waals surface area contributed by atoms with Crippen LogP contribution in [0.1, 0.15) is 16.8 Å². The molecule has 1 atom stereocenters. The highest BCUT2D eigenvalue weighted by Crippen LogP contribution is 2.24. The molecule has 104 valence electrons. The van der Waals surface area contributed by atoms with E-state index in [0.717, 1.165) is 5.56 Å². The lowest BCUT2D eigenvalue weighted by molar-refractivity contribution is 0.0765. The van der Waals surface area contributed by atoms with E-state index in [0.29, 0.717) is 30.8 Å². The van der Waals surface area contributed by atoms with E-state index in [2.05, 4.69) is 5.10 Å². The smallest absolute Gasteiger partial charge is 0.257 e. The Morgan fingerprint density at radius 1 is 1.35 bits per heavy atom. The first-order chi connectivity index (χ1) is 9.65. The molecule has 2 aromatic rings. The van der Waals surface area contributed by atoms with Gasteiger partial charge in [0.2, 0.25) is 0 Å². The van der Waals surface area contributed by atoms with Crippen LogP contribution < -0.4 is 0 Å². The van der Waals surface area contributed by atoms with Crippen LogP contribution in [-0.4, -0.2) is 44.9 Å². The first-order valence-electron chi connectivity index (χ1n) is 6.71. The Balaban J connectivity index is 1.96. The molecule has 1 fully saturated rings. The van der Waals surface area contributed by atoms with Crippen molar-refractivity contribution in [2.75, 3.05) is 13.1 Å². The summed E-state index contributed by atoms with van der Waals surface area (Å²) in [6.45, 7) is 1.01. The number of rotatable bonds is 2. The van der Waals surface area contributed by atoms with E-state index in [1.165, 1.54) is 0 Å². The van der Waals surface area contributed by atoms with Crippen LogP contribution in [0.25, 0.3) is 11.3 Å². The molecule has 20 heavy (non-hydrogen) atoms. The Morgan fingerprint density at radius 3 is 2.75 bits per heavy atom. The minimum atomic E-state index is -0.407. The lowest BCUT2D eigenvalue weighted by Crippen LogP contribution is -2.29. The van der Waals surface area contributed by atoms with Crippen molar-refractivity contribution in [3.8, 4) is 11.3 Å². The molecule has 1 aliphatic heterocycles. The highest BCUT2D eigenvalue weighted by Gasteiger charge is 2.28. The largest absolute Gasteiger partial charge is 0.391 e. The Bertz CT molecular complexity index is 621. The highest BCUT2D eigenvalue weighted by molar-refractivity contribution is 6.00. The summed E-state index contributed by atoms with van der Waals surface area (Å²) in [5, 5.41) is 14.0. The zero-order chi connectivity index (χ0) is 14.1. The molecule has 1 aromatic carbocycles. The quantitative estimate of drug-likeness (QED) is 0.895. The van der Waals surface area contributed by atoms with Gasteiger partial charge in [0.1, 0.15) is 5.69 Å². The van der Waals surface area contributed by atoms with Gasteiger partial charge in [-0.3, -0.25) is 9.48 Å². The number of hydrogen-bond acceptors (Lipinski definition) is 3. The summed E-state index contributed by atoms with van der Waals surface area (Å²) in [6, 6.07) is 9.68. The topological polar surface area (TPSA) is 58.4 Å². The molecular formula is C15H17N3O2. The van der Waals surface area contributed by atoms with Crippen molar-refractivity contribution in [1.29, 1.82) is 0 Å². The maximum atomic E-state index is 12.6. The van der Waals surface area contributed by atoms with Gasteiger partial charge in [0.15, 0.2) is 0 Å². The van der Waals surface area contributed by atoms with E-state index in [9.17, 15) is 9.90 Å². The number of hydrogen-bond donors (Lipinski definition) is 1. The molecule has 0 spiro atoms. The minimum absolute atomic E-state index is 0.0616. The predicted octanol–water partition coefficient (Wildman–Crippen LogP) is 1.29. The Morgan fingerprint density at radius 2 is 2.10 bits per heavy atom. The molecule has 1 saturated heterocycles. The maximum absolute atomic E-state index is 12.6. The van der Waals surface area contributed by atoms with Crippen LogP contribution in [-0.2, 0) is 7.05 Å². The molecule has 1 N–H and O–H groups in total. The number of aromatic nitrogens is 2. The number of carbonyl (C=O) groups is 1. The van der Waals surface area contributed by atoms with Crippen LogP contribution in [0.3, 0.4) is 0 Å². The van der Waals surface area contributed by atoms with Crippen LogP contribution in [0.2, 0.25) is 0 Å². The summed E-state index contributed by atoms with van der Waals surface area (Å²) in [5.41, 5.74) is 2.21. The molecule has 5 heteroatoms. The lowest BCUT2D eigenvalue weighted by Gasteiger charge is -2.15. The summed E-state index contributed by atoms with van der Waals surface area (Å²) in [6.07, 6.45) is 1.98. The van der Waals surface area contributed by atoms with Gasteiger partial charge in [0.05, 0.1) is 11.7 Å². The van der Waals surface area contributed by atoms with Crippen molar-refractivity contribution in [1.82, 2.24) is 14.7 Å². The third kappa shape index (κ3) is 2.32. The number of amides is 1. The van der Waals surface area contributed by atoms with Crippen molar-refractivity contribution >= 4 is 5.91 Å². The van der Waals surface area contributed by atoms with Gasteiger partial charge in [0.25, 0.3) is 5.91 Å². The number of β-amino-alcohol motifs (C(OH)–C–C–N with tert-alkyl or cyclic N) is 1. The average molecular weight is 271 g/mol. The summed E-state index contributed by atoms with van der Waals surface area (Å²) < 4.78 is 1.65. The number of aliphatic hydroxyl groups is 1. The van der Waals surface area contributed by atoms with Gasteiger partial charge < -0.3 is 10.0 Å². The van der Waals surface area contributed by atoms with Gasteiger partial charge in [-0.1, -0.05) is 30.3 Å². The summed E-state index contributed by atoms with van der Waals surface area (Å²) in [5.74, 6) is -0.0616. The number of aliphatic hydroxyl groups excluding tert-OH is 1. The SMILES string of the molecule is Cn1cc(C(=O)N2CC[C@H](O)C2)c(-c2ccccc2)n1. The molecule has 0 bridgehead atoms. The second-order valence-electron chi connectivity index (χ2n) is 5.12. The van der Waals surface area contributed by atoms with Crippen molar-refractivity contribution in [2.24, 2.45) is 7.05 Å². The number of nitrogens with zero attached hydrogens (tertiary/aromatic N) is 3. The molecule has 0 saturated carbocycles. The maximum Gasteiger partial charge on any atom is 0.257 e. The average Bonchev–Trinajstić information content (AvgIpc) is 3.05. The van der Waals surface area contributed by atoms with Gasteiger partial charge in [-0.05, 0) is 6.42 Å². The second-order valence-corrected chi connectivity index (χ2v) is 5.12. The fourth-order valence-electron chi connectivity index (χ4n) is 2.55. The number of likely N-dealkylation sites (tertiary alicyclic amines) is 1. The van der Waals surface area contributed by atoms with Crippen molar-refractivity contribution in [3.63, 3.8) is 0 Å². The van der Waals surface area contributed by atoms with E-state index < -0.39 is 6.10 Å². The predicted molar refractivity (Wildman–Crippen MR) is 75.2 cm³/mol. The molecule has 0 unspecified atom stereocenters. The monoisotopic (exact) mass is 271 g/mol. The number of aryl methyl sites for hydroxylation is 1. The lowest BCUT2D eigenvalue weighted by atomic mass is 10.1. The van der Waals surface area contributed by atoms with Crippen LogP contribution in [0.5, 0.6) is 0 Å². The first kappa shape index (κ1) is 12.9. The van der Waals surface area contributed by atoms with E-state index in [4.69, 9.17) is 0 Å². The number of carbonyl (C=O) groups excluding carboxylic acids is 1. The molecule has 0 radical (unpaired) electrons. The standard InChI is InChI=1S/C15H17N3O2/c1-17-10-13(15(20)18-8-7-12(19)9-18)14(16-17)11-5-3-2-4-6-11/h2-6,10,12,19H,7-9H2,1H3/t12-/m0/s1. The van der Waals surface area contributed by atoms with E-state index in [-0.39, 0.29) is 5.91 Å². The summed E-state index contributed by atoms with van der Waals surface area (Å²) in [7, 11) is 1.81. The molecule has 1 aliphatic rings. The Hall–Kier alpha value is -2.14. The van der Waals surface area contributed by atoms with Crippen LogP contribution in [0, 0.1) is 0 Å². The number of benzene rings is 1. The molecule has 5 nitrogen and oxygen atoms in total. The molecule has 2 heterocycles. The van der Waals surface area contributed by atoms with E-state index in [1.54, 1.807) is 15.8 Å². The summed E-state index contributed by atoms with van der Waals surface area (Å²) >= 11 is 0. The first-order valence-corrected chi connectivity index (χ1v) is 6.71. The van der Waals surface area contributed by atoms with Crippen molar-refractivity contribution in [3.05, 3.63) is 42.1 Å². The van der Waals surface area contributed by atoms with Gasteiger partial charge in [0, 0.05) is 31.9 Å².